The van der Waals surface area contributed by atoms with Crippen LogP contribution in [0.2, 0.25) is 0 Å². The highest BCUT2D eigenvalue weighted by molar-refractivity contribution is 5.96. The van der Waals surface area contributed by atoms with Crippen molar-refractivity contribution in [2.45, 2.75) is 38.3 Å². The zero-order valence-corrected chi connectivity index (χ0v) is 11.6. The molecule has 0 bridgehead atoms. The van der Waals surface area contributed by atoms with Gasteiger partial charge in [-0.05, 0) is 18.6 Å². The van der Waals surface area contributed by atoms with Gasteiger partial charge in [-0.1, -0.05) is 6.92 Å². The number of carbonyl (C=O) groups is 2. The zero-order chi connectivity index (χ0) is 14.6. The smallest absolute Gasteiger partial charge is 0.329 e. The lowest BCUT2D eigenvalue weighted by Gasteiger charge is -2.33. The highest BCUT2D eigenvalue weighted by Gasteiger charge is 2.42. The van der Waals surface area contributed by atoms with Gasteiger partial charge in [0.15, 0.2) is 0 Å². The van der Waals surface area contributed by atoms with E-state index in [9.17, 15) is 14.7 Å². The molecule has 0 radical (unpaired) electrons. The molecule has 1 aliphatic heterocycles. The van der Waals surface area contributed by atoms with E-state index in [1.807, 2.05) is 17.7 Å². The van der Waals surface area contributed by atoms with Crippen LogP contribution < -0.4 is 5.32 Å². The molecule has 1 aromatic heterocycles. The first kappa shape index (κ1) is 14.6. The second kappa shape index (κ2) is 6.09. The van der Waals surface area contributed by atoms with Crippen LogP contribution in [0, 0.1) is 0 Å². The van der Waals surface area contributed by atoms with Gasteiger partial charge >= 0.3 is 5.97 Å². The number of hydrogen-bond acceptors (Lipinski definition) is 3. The van der Waals surface area contributed by atoms with Crippen molar-refractivity contribution in [3.05, 3.63) is 24.0 Å². The molecule has 1 amide bonds. The van der Waals surface area contributed by atoms with Crippen molar-refractivity contribution in [1.29, 1.82) is 0 Å². The lowest BCUT2D eigenvalue weighted by atomic mass is 9.90. The lowest BCUT2D eigenvalue weighted by Crippen LogP contribution is -2.57. The van der Waals surface area contributed by atoms with Gasteiger partial charge in [0.2, 0.25) is 0 Å². The summed E-state index contributed by atoms with van der Waals surface area (Å²) in [6, 6.07) is 3.50. The van der Waals surface area contributed by atoms with Gasteiger partial charge in [-0.2, -0.15) is 0 Å². The van der Waals surface area contributed by atoms with Gasteiger partial charge in [0.05, 0.1) is 0 Å². The van der Waals surface area contributed by atoms with Crippen LogP contribution in [0.25, 0.3) is 0 Å². The molecule has 1 fully saturated rings. The fraction of sp³-hybridized carbons (Fsp3) is 0.571. The van der Waals surface area contributed by atoms with Crippen LogP contribution >= 0.6 is 0 Å². The molecule has 2 heterocycles. The third-order valence-corrected chi connectivity index (χ3v) is 3.64. The van der Waals surface area contributed by atoms with Crippen LogP contribution in [0.1, 0.15) is 36.7 Å². The minimum atomic E-state index is -1.21. The van der Waals surface area contributed by atoms with E-state index in [2.05, 4.69) is 5.32 Å². The molecule has 0 atom stereocenters. The quantitative estimate of drug-likeness (QED) is 0.851. The third-order valence-electron chi connectivity index (χ3n) is 3.64. The molecule has 1 saturated heterocycles. The van der Waals surface area contributed by atoms with Crippen LogP contribution in [0.3, 0.4) is 0 Å². The second-order valence-corrected chi connectivity index (χ2v) is 5.04. The predicted molar refractivity (Wildman–Crippen MR) is 72.6 cm³/mol. The first-order chi connectivity index (χ1) is 9.59. The average molecular weight is 280 g/mol. The van der Waals surface area contributed by atoms with E-state index >= 15 is 0 Å². The van der Waals surface area contributed by atoms with Gasteiger partial charge < -0.3 is 19.7 Å². The van der Waals surface area contributed by atoms with Gasteiger partial charge in [0, 0.05) is 38.8 Å². The molecule has 0 aliphatic carbocycles. The molecule has 0 aromatic carbocycles. The number of aromatic nitrogens is 1. The average Bonchev–Trinajstić information content (AvgIpc) is 2.88. The van der Waals surface area contributed by atoms with E-state index in [1.165, 1.54) is 0 Å². The summed E-state index contributed by atoms with van der Waals surface area (Å²) >= 11 is 0. The van der Waals surface area contributed by atoms with Crippen molar-refractivity contribution in [3.8, 4) is 0 Å². The predicted octanol–water partition coefficient (Wildman–Crippen LogP) is 1.26. The first-order valence-corrected chi connectivity index (χ1v) is 6.88. The van der Waals surface area contributed by atoms with Crippen molar-refractivity contribution < 1.29 is 19.4 Å². The van der Waals surface area contributed by atoms with Gasteiger partial charge in [0.1, 0.15) is 11.2 Å². The fourth-order valence-corrected chi connectivity index (χ4v) is 2.45. The molecular weight excluding hydrogens is 260 g/mol. The van der Waals surface area contributed by atoms with E-state index in [1.54, 1.807) is 12.1 Å². The Morgan fingerprint density at radius 2 is 2.15 bits per heavy atom. The maximum Gasteiger partial charge on any atom is 0.329 e. The number of nitrogens with one attached hydrogen (secondary N) is 1. The summed E-state index contributed by atoms with van der Waals surface area (Å²) in [5.41, 5.74) is -0.713. The van der Waals surface area contributed by atoms with Crippen LogP contribution in [-0.4, -0.2) is 40.3 Å². The zero-order valence-electron chi connectivity index (χ0n) is 11.6. The SMILES string of the molecule is CCCn1cccc1C(=O)NC1(C(=O)O)CCOCC1. The number of nitrogens with zero attached hydrogens (tertiary/aromatic N) is 1. The summed E-state index contributed by atoms with van der Waals surface area (Å²) < 4.78 is 7.03. The molecule has 0 saturated carbocycles. The molecule has 110 valence electrons. The Bertz CT molecular complexity index is 489. The molecular formula is C14H20N2O4. The van der Waals surface area contributed by atoms with Crippen molar-refractivity contribution in [2.75, 3.05) is 13.2 Å². The summed E-state index contributed by atoms with van der Waals surface area (Å²) in [6.45, 7) is 3.46. The third kappa shape index (κ3) is 2.85. The van der Waals surface area contributed by atoms with E-state index < -0.39 is 11.5 Å². The van der Waals surface area contributed by atoms with Crippen molar-refractivity contribution in [3.63, 3.8) is 0 Å². The van der Waals surface area contributed by atoms with Crippen LogP contribution in [0.4, 0.5) is 0 Å². The van der Waals surface area contributed by atoms with Gasteiger partial charge in [-0.25, -0.2) is 4.79 Å². The Morgan fingerprint density at radius 1 is 1.45 bits per heavy atom. The van der Waals surface area contributed by atoms with Crippen molar-refractivity contribution in [1.82, 2.24) is 9.88 Å². The number of rotatable bonds is 5. The maximum atomic E-state index is 12.3. The summed E-state index contributed by atoms with van der Waals surface area (Å²) in [7, 11) is 0. The molecule has 1 aliphatic rings. The normalized spacial score (nSPS) is 17.6. The summed E-state index contributed by atoms with van der Waals surface area (Å²) in [4.78, 5) is 23.9. The Kier molecular flexibility index (Phi) is 4.44. The summed E-state index contributed by atoms with van der Waals surface area (Å²) in [5, 5.41) is 12.1. The standard InChI is InChI=1S/C14H20N2O4/c1-2-7-16-8-3-4-11(16)12(17)15-14(13(18)19)5-9-20-10-6-14/h3-4,8H,2,5-7,9-10H2,1H3,(H,15,17)(H,18,19). The second-order valence-electron chi connectivity index (χ2n) is 5.04. The topological polar surface area (TPSA) is 80.6 Å². The number of aliphatic carboxylic acids is 1. The number of carbonyl (C=O) groups excluding carboxylic acids is 1. The van der Waals surface area contributed by atoms with Gasteiger partial charge in [-0.15, -0.1) is 0 Å². The molecule has 2 rings (SSSR count). The minimum Gasteiger partial charge on any atom is -0.480 e. The fourth-order valence-electron chi connectivity index (χ4n) is 2.45. The molecule has 20 heavy (non-hydrogen) atoms. The first-order valence-electron chi connectivity index (χ1n) is 6.88. The maximum absolute atomic E-state index is 12.3. The number of hydrogen-bond donors (Lipinski definition) is 2. The van der Waals surface area contributed by atoms with Crippen LogP contribution in [0.5, 0.6) is 0 Å². The monoisotopic (exact) mass is 280 g/mol. The summed E-state index contributed by atoms with van der Waals surface area (Å²) in [5.74, 6) is -1.34. The van der Waals surface area contributed by atoms with Crippen LogP contribution in [-0.2, 0) is 16.1 Å². The lowest BCUT2D eigenvalue weighted by molar-refractivity contribution is -0.148. The molecule has 0 spiro atoms. The number of carboxylic acid groups (broad SMARTS) is 1. The van der Waals surface area contributed by atoms with E-state index in [-0.39, 0.29) is 5.91 Å². The van der Waals surface area contributed by atoms with E-state index in [0.29, 0.717) is 31.7 Å². The van der Waals surface area contributed by atoms with Gasteiger partial charge in [0.25, 0.3) is 5.91 Å². The number of aryl methyl sites for hydroxylation is 1. The van der Waals surface area contributed by atoms with Crippen LogP contribution in [0.15, 0.2) is 18.3 Å². The minimum absolute atomic E-state index is 0.294. The molecule has 6 nitrogen and oxygen atoms in total. The molecule has 0 unspecified atom stereocenters. The van der Waals surface area contributed by atoms with E-state index in [4.69, 9.17) is 4.74 Å². The van der Waals surface area contributed by atoms with Gasteiger partial charge in [-0.3, -0.25) is 4.79 Å². The molecule has 1 aromatic rings. The number of carboxylic acids is 1. The molecule has 6 heteroatoms. The number of ether oxygens (including phenoxy) is 1. The van der Waals surface area contributed by atoms with Crippen molar-refractivity contribution in [2.24, 2.45) is 0 Å². The summed E-state index contributed by atoms with van der Waals surface area (Å²) in [6.07, 6.45) is 3.33. The largest absolute Gasteiger partial charge is 0.480 e. The Hall–Kier alpha value is -1.82. The highest BCUT2D eigenvalue weighted by atomic mass is 16.5. The molecule has 2 N–H and O–H groups in total. The number of amides is 1. The Labute approximate surface area is 117 Å². The van der Waals surface area contributed by atoms with Crippen molar-refractivity contribution >= 4 is 11.9 Å². The highest BCUT2D eigenvalue weighted by Crippen LogP contribution is 2.22. The Morgan fingerprint density at radius 3 is 2.75 bits per heavy atom. The van der Waals surface area contributed by atoms with E-state index in [0.717, 1.165) is 13.0 Å². The Balaban J connectivity index is 2.16.